The normalized spacial score (nSPS) is 22.0. The Labute approximate surface area is 176 Å². The molecule has 1 amide bonds. The molecular formula is C22H28N4O4. The van der Waals surface area contributed by atoms with Crippen molar-refractivity contribution in [2.24, 2.45) is 5.41 Å². The Morgan fingerprint density at radius 1 is 1.33 bits per heavy atom. The molecule has 0 bridgehead atoms. The molecule has 0 radical (unpaired) electrons. The highest BCUT2D eigenvalue weighted by Crippen LogP contribution is 2.46. The molecular weight excluding hydrogens is 384 g/mol. The summed E-state index contributed by atoms with van der Waals surface area (Å²) in [6, 6.07) is 3.83. The highest BCUT2D eigenvalue weighted by Gasteiger charge is 2.50. The minimum atomic E-state index is -1.05. The third-order valence-electron chi connectivity index (χ3n) is 5.70. The van der Waals surface area contributed by atoms with Gasteiger partial charge in [-0.25, -0.2) is 9.48 Å². The first kappa shape index (κ1) is 20.6. The van der Waals surface area contributed by atoms with Crippen LogP contribution in [0, 0.1) is 5.41 Å². The van der Waals surface area contributed by atoms with E-state index in [0.29, 0.717) is 25.9 Å². The molecule has 4 rings (SSSR count). The first-order valence-electron chi connectivity index (χ1n) is 10.1. The van der Waals surface area contributed by atoms with Crippen molar-refractivity contribution in [2.45, 2.75) is 45.5 Å². The highest BCUT2D eigenvalue weighted by molar-refractivity contribution is 5.70. The van der Waals surface area contributed by atoms with Gasteiger partial charge < -0.3 is 19.5 Å². The topological polar surface area (TPSA) is 89.7 Å². The van der Waals surface area contributed by atoms with Gasteiger partial charge in [0, 0.05) is 26.4 Å². The molecule has 3 heterocycles. The largest absolute Gasteiger partial charge is 0.444 e. The van der Waals surface area contributed by atoms with Crippen molar-refractivity contribution < 1.29 is 19.4 Å². The van der Waals surface area contributed by atoms with Crippen LogP contribution in [0.3, 0.4) is 0 Å². The summed E-state index contributed by atoms with van der Waals surface area (Å²) in [5.41, 5.74) is 2.58. The van der Waals surface area contributed by atoms with Gasteiger partial charge in [-0.1, -0.05) is 5.57 Å². The number of amides is 1. The summed E-state index contributed by atoms with van der Waals surface area (Å²) < 4.78 is 12.8. The van der Waals surface area contributed by atoms with E-state index in [1.165, 1.54) is 7.11 Å². The van der Waals surface area contributed by atoms with Crippen LogP contribution in [0.1, 0.15) is 38.4 Å². The van der Waals surface area contributed by atoms with Crippen LogP contribution >= 0.6 is 0 Å². The fourth-order valence-electron chi connectivity index (χ4n) is 4.31. The Balaban J connectivity index is 1.69. The lowest BCUT2D eigenvalue weighted by atomic mass is 9.67. The van der Waals surface area contributed by atoms with Gasteiger partial charge in [-0.3, -0.25) is 4.98 Å². The smallest absolute Gasteiger partial charge is 0.410 e. The van der Waals surface area contributed by atoms with Crippen molar-refractivity contribution in [1.82, 2.24) is 19.7 Å². The quantitative estimate of drug-likeness (QED) is 0.780. The SMILES string of the molecule is COC(O)[C@]12Cc3cnn(-c4cccnc4)c3C=C1CCN(C(=O)OC(C)(C)C)C2. The number of carbonyl (C=O) groups is 1. The number of fused-ring (bicyclic) bond motifs is 2. The van der Waals surface area contributed by atoms with Crippen LogP contribution in [0.15, 0.2) is 36.3 Å². The Bertz CT molecular complexity index is 963. The van der Waals surface area contributed by atoms with E-state index in [-0.39, 0.29) is 6.09 Å². The average molecular weight is 412 g/mol. The molecule has 1 N–H and O–H groups in total. The Hall–Kier alpha value is -2.71. The third-order valence-corrected chi connectivity index (χ3v) is 5.70. The van der Waals surface area contributed by atoms with Gasteiger partial charge in [0.1, 0.15) is 5.60 Å². The number of hydrogen-bond donors (Lipinski definition) is 1. The first-order chi connectivity index (χ1) is 14.2. The van der Waals surface area contributed by atoms with Crippen molar-refractivity contribution in [2.75, 3.05) is 20.2 Å². The summed E-state index contributed by atoms with van der Waals surface area (Å²) in [7, 11) is 1.48. The van der Waals surface area contributed by atoms with Crippen LogP contribution < -0.4 is 0 Å². The van der Waals surface area contributed by atoms with Crippen molar-refractivity contribution in [3.63, 3.8) is 0 Å². The molecule has 2 aromatic heterocycles. The molecule has 0 saturated carbocycles. The minimum absolute atomic E-state index is 0.320. The average Bonchev–Trinajstić information content (AvgIpc) is 3.12. The molecule has 0 spiro atoms. The Kier molecular flexibility index (Phi) is 5.15. The van der Waals surface area contributed by atoms with E-state index >= 15 is 0 Å². The lowest BCUT2D eigenvalue weighted by molar-refractivity contribution is -0.156. The molecule has 1 saturated heterocycles. The van der Waals surface area contributed by atoms with Gasteiger partial charge in [0.15, 0.2) is 6.29 Å². The Morgan fingerprint density at radius 2 is 2.13 bits per heavy atom. The van der Waals surface area contributed by atoms with Gasteiger partial charge in [-0.15, -0.1) is 0 Å². The second-order valence-corrected chi connectivity index (χ2v) is 8.92. The molecule has 1 aliphatic carbocycles. The van der Waals surface area contributed by atoms with Crippen molar-refractivity contribution in [3.8, 4) is 5.69 Å². The molecule has 2 aliphatic rings. The standard InChI is InChI=1S/C22H28N4O4/c1-21(2,3)30-20(28)25-9-7-16-10-18-15(11-22(16,14-25)19(27)29-4)12-24-26(18)17-6-5-8-23-13-17/h5-6,8,10,12-13,19,27H,7,9,11,14H2,1-4H3/t19?,22-/m0/s1. The number of rotatable bonds is 3. The molecule has 1 unspecified atom stereocenters. The number of ether oxygens (including phenoxy) is 2. The van der Waals surface area contributed by atoms with Crippen LogP contribution in [0.5, 0.6) is 0 Å². The summed E-state index contributed by atoms with van der Waals surface area (Å²) in [5.74, 6) is 0. The number of methoxy groups -OCH3 is 1. The molecule has 8 heteroatoms. The first-order valence-corrected chi connectivity index (χ1v) is 10.1. The summed E-state index contributed by atoms with van der Waals surface area (Å²) in [5, 5.41) is 15.4. The molecule has 160 valence electrons. The maximum atomic E-state index is 12.7. The summed E-state index contributed by atoms with van der Waals surface area (Å²) in [6.45, 7) is 6.38. The van der Waals surface area contributed by atoms with Crippen molar-refractivity contribution >= 4 is 12.2 Å². The number of pyridine rings is 1. The number of aromatic nitrogens is 3. The zero-order chi connectivity index (χ0) is 21.5. The van der Waals surface area contributed by atoms with Gasteiger partial charge in [-0.2, -0.15) is 5.10 Å². The Morgan fingerprint density at radius 3 is 2.80 bits per heavy atom. The predicted molar refractivity (Wildman–Crippen MR) is 111 cm³/mol. The number of aliphatic hydroxyl groups is 1. The van der Waals surface area contributed by atoms with Gasteiger partial charge >= 0.3 is 6.09 Å². The van der Waals surface area contributed by atoms with Crippen LogP contribution in [0.4, 0.5) is 4.79 Å². The van der Waals surface area contributed by atoms with E-state index in [9.17, 15) is 9.90 Å². The van der Waals surface area contributed by atoms with Gasteiger partial charge in [0.2, 0.25) is 0 Å². The number of carbonyl (C=O) groups excluding carboxylic acids is 1. The van der Waals surface area contributed by atoms with E-state index in [4.69, 9.17) is 9.47 Å². The van der Waals surface area contributed by atoms with Crippen LogP contribution in [-0.2, 0) is 15.9 Å². The van der Waals surface area contributed by atoms with E-state index in [0.717, 1.165) is 22.5 Å². The lowest BCUT2D eigenvalue weighted by Crippen LogP contribution is -2.55. The maximum absolute atomic E-state index is 12.7. The summed E-state index contributed by atoms with van der Waals surface area (Å²) >= 11 is 0. The fraction of sp³-hybridized carbons (Fsp3) is 0.500. The second kappa shape index (κ2) is 7.52. The molecule has 1 fully saturated rings. The molecule has 30 heavy (non-hydrogen) atoms. The van der Waals surface area contributed by atoms with Crippen LogP contribution in [0.2, 0.25) is 0 Å². The van der Waals surface area contributed by atoms with Crippen molar-refractivity contribution in [1.29, 1.82) is 0 Å². The minimum Gasteiger partial charge on any atom is -0.444 e. The maximum Gasteiger partial charge on any atom is 0.410 e. The van der Waals surface area contributed by atoms with E-state index in [1.807, 2.05) is 43.8 Å². The second-order valence-electron chi connectivity index (χ2n) is 8.92. The highest BCUT2D eigenvalue weighted by atomic mass is 16.6. The lowest BCUT2D eigenvalue weighted by Gasteiger charge is -2.48. The third kappa shape index (κ3) is 3.61. The zero-order valence-corrected chi connectivity index (χ0v) is 17.8. The number of aliphatic hydroxyl groups excluding tert-OH is 1. The van der Waals surface area contributed by atoms with Gasteiger partial charge in [-0.05, 0) is 57.4 Å². The molecule has 2 atom stereocenters. The number of hydrogen-bond acceptors (Lipinski definition) is 6. The van der Waals surface area contributed by atoms with E-state index < -0.39 is 17.3 Å². The number of likely N-dealkylation sites (tertiary alicyclic amines) is 1. The molecule has 1 aliphatic heterocycles. The molecule has 2 aromatic rings. The molecule has 0 aromatic carbocycles. The van der Waals surface area contributed by atoms with Gasteiger partial charge in [0.25, 0.3) is 0 Å². The number of piperidine rings is 1. The number of nitrogens with zero attached hydrogens (tertiary/aromatic N) is 4. The fourth-order valence-corrected chi connectivity index (χ4v) is 4.31. The molecule has 8 nitrogen and oxygen atoms in total. The summed E-state index contributed by atoms with van der Waals surface area (Å²) in [4.78, 5) is 18.6. The van der Waals surface area contributed by atoms with Crippen molar-refractivity contribution in [3.05, 3.63) is 47.6 Å². The monoisotopic (exact) mass is 412 g/mol. The van der Waals surface area contributed by atoms with Crippen LogP contribution in [0.25, 0.3) is 11.8 Å². The predicted octanol–water partition coefficient (Wildman–Crippen LogP) is 2.80. The van der Waals surface area contributed by atoms with Gasteiger partial charge in [0.05, 0.1) is 29.2 Å². The summed E-state index contributed by atoms with van der Waals surface area (Å²) in [6.07, 6.45) is 7.09. The van der Waals surface area contributed by atoms with Crippen LogP contribution in [-0.4, -0.2) is 63.0 Å². The van der Waals surface area contributed by atoms with E-state index in [2.05, 4.69) is 16.2 Å². The van der Waals surface area contributed by atoms with E-state index in [1.54, 1.807) is 17.3 Å². The zero-order valence-electron chi connectivity index (χ0n) is 17.8.